The zero-order valence-electron chi connectivity index (χ0n) is 16.9. The smallest absolute Gasteiger partial charge is 0.239 e. The first kappa shape index (κ1) is 21.0. The Labute approximate surface area is 168 Å². The van der Waals surface area contributed by atoms with Gasteiger partial charge >= 0.3 is 0 Å². The molecule has 2 N–H and O–H groups in total. The molecule has 2 aliphatic rings. The highest BCUT2D eigenvalue weighted by atomic mass is 19.1. The number of amides is 1. The molecule has 6 heteroatoms. The lowest BCUT2D eigenvalue weighted by Gasteiger charge is -2.34. The van der Waals surface area contributed by atoms with Crippen LogP contribution in [0.5, 0.6) is 0 Å². The SMILES string of the molecule is C=CCN(CCCC(N)C(=O)N1CCN(C)CC1)[C@@H]1C[C@H]1c1ccc(F)cc1. The molecule has 154 valence electrons. The summed E-state index contributed by atoms with van der Waals surface area (Å²) >= 11 is 0. The molecule has 1 unspecified atom stereocenters. The van der Waals surface area contributed by atoms with Crippen molar-refractivity contribution in [1.29, 1.82) is 0 Å². The van der Waals surface area contributed by atoms with Crippen LogP contribution in [0.4, 0.5) is 4.39 Å². The lowest BCUT2D eigenvalue weighted by molar-refractivity contribution is -0.134. The molecule has 3 rings (SSSR count). The average molecular weight is 389 g/mol. The molecule has 0 aromatic heterocycles. The zero-order chi connectivity index (χ0) is 20.1. The van der Waals surface area contributed by atoms with Crippen molar-refractivity contribution in [2.45, 2.75) is 37.3 Å². The van der Waals surface area contributed by atoms with E-state index >= 15 is 0 Å². The van der Waals surface area contributed by atoms with Gasteiger partial charge in [0.15, 0.2) is 0 Å². The summed E-state index contributed by atoms with van der Waals surface area (Å²) in [6, 6.07) is 6.89. The molecule has 1 saturated heterocycles. The molecule has 1 aliphatic carbocycles. The van der Waals surface area contributed by atoms with Crippen molar-refractivity contribution in [3.05, 3.63) is 48.3 Å². The maximum Gasteiger partial charge on any atom is 0.239 e. The summed E-state index contributed by atoms with van der Waals surface area (Å²) in [4.78, 5) is 19.1. The summed E-state index contributed by atoms with van der Waals surface area (Å²) in [7, 11) is 2.08. The second-order valence-electron chi connectivity index (χ2n) is 8.12. The van der Waals surface area contributed by atoms with Crippen LogP contribution in [0.25, 0.3) is 0 Å². The molecule has 5 nitrogen and oxygen atoms in total. The van der Waals surface area contributed by atoms with Gasteiger partial charge in [0.1, 0.15) is 5.82 Å². The van der Waals surface area contributed by atoms with Crippen LogP contribution >= 0.6 is 0 Å². The Morgan fingerprint density at radius 1 is 1.32 bits per heavy atom. The predicted molar refractivity (Wildman–Crippen MR) is 111 cm³/mol. The van der Waals surface area contributed by atoms with E-state index in [9.17, 15) is 9.18 Å². The highest BCUT2D eigenvalue weighted by molar-refractivity contribution is 5.81. The fourth-order valence-corrected chi connectivity index (χ4v) is 4.11. The Balaban J connectivity index is 1.44. The van der Waals surface area contributed by atoms with Crippen molar-refractivity contribution in [2.75, 3.05) is 46.3 Å². The van der Waals surface area contributed by atoms with Crippen LogP contribution < -0.4 is 5.73 Å². The third-order valence-electron chi connectivity index (χ3n) is 5.98. The third-order valence-corrected chi connectivity index (χ3v) is 5.98. The van der Waals surface area contributed by atoms with E-state index in [1.54, 1.807) is 0 Å². The molecule has 1 amide bonds. The van der Waals surface area contributed by atoms with Gasteiger partial charge in [0.25, 0.3) is 0 Å². The molecule has 1 aromatic rings. The lowest BCUT2D eigenvalue weighted by Crippen LogP contribution is -2.52. The summed E-state index contributed by atoms with van der Waals surface area (Å²) in [5, 5.41) is 0. The van der Waals surface area contributed by atoms with E-state index in [0.29, 0.717) is 18.4 Å². The quantitative estimate of drug-likeness (QED) is 0.658. The maximum atomic E-state index is 13.1. The topological polar surface area (TPSA) is 52.8 Å². The van der Waals surface area contributed by atoms with Crippen LogP contribution in [0.15, 0.2) is 36.9 Å². The molecule has 1 aliphatic heterocycles. The molecule has 1 aromatic carbocycles. The van der Waals surface area contributed by atoms with Crippen molar-refractivity contribution >= 4 is 5.91 Å². The third kappa shape index (κ3) is 5.40. The van der Waals surface area contributed by atoms with Crippen LogP contribution in [0.3, 0.4) is 0 Å². The summed E-state index contributed by atoms with van der Waals surface area (Å²) in [5.41, 5.74) is 7.38. The minimum atomic E-state index is -0.416. The fourth-order valence-electron chi connectivity index (χ4n) is 4.11. The zero-order valence-corrected chi connectivity index (χ0v) is 16.9. The van der Waals surface area contributed by atoms with Crippen molar-refractivity contribution in [3.8, 4) is 0 Å². The van der Waals surface area contributed by atoms with Crippen molar-refractivity contribution in [2.24, 2.45) is 5.73 Å². The van der Waals surface area contributed by atoms with Gasteiger partial charge in [-0.2, -0.15) is 0 Å². The summed E-state index contributed by atoms with van der Waals surface area (Å²) in [5.74, 6) is 0.350. The second kappa shape index (κ2) is 9.63. The van der Waals surface area contributed by atoms with Gasteiger partial charge in [0, 0.05) is 44.7 Å². The number of carbonyl (C=O) groups excluding carboxylic acids is 1. The minimum absolute atomic E-state index is 0.0824. The molecule has 28 heavy (non-hydrogen) atoms. The summed E-state index contributed by atoms with van der Waals surface area (Å²) < 4.78 is 13.1. The van der Waals surface area contributed by atoms with E-state index in [2.05, 4.69) is 23.4 Å². The van der Waals surface area contributed by atoms with Gasteiger partial charge in [0.2, 0.25) is 5.91 Å². The fraction of sp³-hybridized carbons (Fsp3) is 0.591. The Bertz CT molecular complexity index is 657. The standard InChI is InChI=1S/C22H33FN4O/c1-3-10-26(21-16-19(21)17-6-8-18(23)9-7-17)11-4-5-20(24)22(28)27-14-12-25(2)13-15-27/h3,6-9,19-21H,1,4-5,10-16,24H2,2H3/t19-,20?,21+/m0/s1. The van der Waals surface area contributed by atoms with Crippen LogP contribution in [0, 0.1) is 5.82 Å². The first-order valence-corrected chi connectivity index (χ1v) is 10.3. The van der Waals surface area contributed by atoms with Gasteiger partial charge in [-0.1, -0.05) is 18.2 Å². The largest absolute Gasteiger partial charge is 0.339 e. The number of rotatable bonds is 9. The van der Waals surface area contributed by atoms with E-state index in [0.717, 1.165) is 52.1 Å². The highest BCUT2D eigenvalue weighted by Gasteiger charge is 2.42. The Hall–Kier alpha value is -1.76. The molecule has 0 radical (unpaired) electrons. The first-order valence-electron chi connectivity index (χ1n) is 10.3. The molecule has 2 fully saturated rings. The molecular formula is C22H33FN4O. The van der Waals surface area contributed by atoms with Gasteiger partial charge < -0.3 is 15.5 Å². The normalized spacial score (nSPS) is 23.6. The predicted octanol–water partition coefficient (Wildman–Crippen LogP) is 2.05. The van der Waals surface area contributed by atoms with Gasteiger partial charge in [-0.15, -0.1) is 6.58 Å². The molecule has 1 heterocycles. The number of hydrogen-bond donors (Lipinski definition) is 1. The number of halogens is 1. The molecule has 3 atom stereocenters. The van der Waals surface area contributed by atoms with E-state index in [1.807, 2.05) is 23.1 Å². The number of hydrogen-bond acceptors (Lipinski definition) is 4. The monoisotopic (exact) mass is 388 g/mol. The van der Waals surface area contributed by atoms with Crippen molar-refractivity contribution in [3.63, 3.8) is 0 Å². The Kier molecular flexibility index (Phi) is 7.21. The highest BCUT2D eigenvalue weighted by Crippen LogP contribution is 2.44. The number of piperazine rings is 1. The van der Waals surface area contributed by atoms with E-state index in [-0.39, 0.29) is 11.7 Å². The molecular weight excluding hydrogens is 355 g/mol. The van der Waals surface area contributed by atoms with Crippen LogP contribution in [0.1, 0.15) is 30.7 Å². The Morgan fingerprint density at radius 2 is 2.00 bits per heavy atom. The maximum absolute atomic E-state index is 13.1. The van der Waals surface area contributed by atoms with Gasteiger partial charge in [-0.25, -0.2) is 4.39 Å². The second-order valence-corrected chi connectivity index (χ2v) is 8.12. The lowest BCUT2D eigenvalue weighted by atomic mass is 10.1. The van der Waals surface area contributed by atoms with Crippen LogP contribution in [-0.2, 0) is 4.79 Å². The van der Waals surface area contributed by atoms with Gasteiger partial charge in [-0.3, -0.25) is 9.69 Å². The van der Waals surface area contributed by atoms with Gasteiger partial charge in [0.05, 0.1) is 6.04 Å². The van der Waals surface area contributed by atoms with E-state index in [1.165, 1.54) is 17.7 Å². The number of carbonyl (C=O) groups is 1. The average Bonchev–Trinajstić information content (AvgIpc) is 3.48. The van der Waals surface area contributed by atoms with Crippen LogP contribution in [0.2, 0.25) is 0 Å². The molecule has 1 saturated carbocycles. The number of benzene rings is 1. The van der Waals surface area contributed by atoms with E-state index < -0.39 is 6.04 Å². The van der Waals surface area contributed by atoms with Crippen molar-refractivity contribution in [1.82, 2.24) is 14.7 Å². The number of likely N-dealkylation sites (N-methyl/N-ethyl adjacent to an activating group) is 1. The van der Waals surface area contributed by atoms with Crippen LogP contribution in [-0.4, -0.2) is 79.0 Å². The van der Waals surface area contributed by atoms with E-state index in [4.69, 9.17) is 5.73 Å². The summed E-state index contributed by atoms with van der Waals surface area (Å²) in [6.07, 6.45) is 4.61. The number of nitrogens with two attached hydrogens (primary N) is 1. The first-order chi connectivity index (χ1) is 13.5. The minimum Gasteiger partial charge on any atom is -0.339 e. The summed E-state index contributed by atoms with van der Waals surface area (Å²) in [6.45, 7) is 8.97. The molecule has 0 spiro atoms. The molecule has 0 bridgehead atoms. The van der Waals surface area contributed by atoms with Gasteiger partial charge in [-0.05, 0) is 50.6 Å². The Morgan fingerprint density at radius 3 is 2.64 bits per heavy atom. The number of nitrogens with zero attached hydrogens (tertiary/aromatic N) is 3. The van der Waals surface area contributed by atoms with Crippen molar-refractivity contribution < 1.29 is 9.18 Å².